The molecule has 1 N–H and O–H groups in total. The van der Waals surface area contributed by atoms with Gasteiger partial charge in [0, 0.05) is 22.9 Å². The number of hydrogen-bond donors (Lipinski definition) is 1. The Kier molecular flexibility index (Phi) is 7.72. The van der Waals surface area contributed by atoms with Crippen LogP contribution in [0.3, 0.4) is 0 Å². The van der Waals surface area contributed by atoms with Crippen molar-refractivity contribution < 1.29 is 27.8 Å². The first kappa shape index (κ1) is 26.5. The number of aliphatic carboxylic acids is 1. The molecule has 0 aliphatic carbocycles. The number of thiophene rings is 1. The van der Waals surface area contributed by atoms with E-state index >= 15 is 0 Å². The molecule has 9 heteroatoms. The van der Waals surface area contributed by atoms with Gasteiger partial charge in [-0.05, 0) is 84.6 Å². The molecule has 0 amide bonds. The van der Waals surface area contributed by atoms with Crippen molar-refractivity contribution in [2.24, 2.45) is 0 Å². The highest BCUT2D eigenvalue weighted by molar-refractivity contribution is 7.92. The number of carboxylic acid groups (broad SMARTS) is 1. The fraction of sp³-hybridized carbons (Fsp3) is 0.167. The van der Waals surface area contributed by atoms with Crippen molar-refractivity contribution in [3.05, 3.63) is 102 Å². The van der Waals surface area contributed by atoms with Crippen LogP contribution in [0, 0.1) is 0 Å². The van der Waals surface area contributed by atoms with Gasteiger partial charge in [-0.1, -0.05) is 30.3 Å². The van der Waals surface area contributed by atoms with Gasteiger partial charge in [-0.2, -0.15) is 8.42 Å². The molecule has 5 aromatic rings. The second kappa shape index (κ2) is 11.3. The fourth-order valence-corrected chi connectivity index (χ4v) is 7.10. The zero-order valence-corrected chi connectivity index (χ0v) is 22.9. The normalized spacial score (nSPS) is 11.5. The maximum atomic E-state index is 13.7. The smallest absolute Gasteiger partial charge is 0.303 e. The molecular weight excluding hydrogens is 534 g/mol. The molecule has 2 aromatic heterocycles. The summed E-state index contributed by atoms with van der Waals surface area (Å²) < 4.78 is 40.4. The van der Waals surface area contributed by atoms with Gasteiger partial charge in [0.1, 0.15) is 22.3 Å². The molecule has 0 radical (unpaired) electrons. The van der Waals surface area contributed by atoms with Crippen molar-refractivity contribution in [1.29, 1.82) is 0 Å². The lowest BCUT2D eigenvalue weighted by Gasteiger charge is -2.07. The second-order valence-electron chi connectivity index (χ2n) is 8.88. The summed E-state index contributed by atoms with van der Waals surface area (Å²) in [7, 11) is -3.92. The van der Waals surface area contributed by atoms with Gasteiger partial charge < -0.3 is 14.6 Å². The van der Waals surface area contributed by atoms with E-state index in [-0.39, 0.29) is 17.1 Å². The summed E-state index contributed by atoms with van der Waals surface area (Å²) >= 11 is 1.18. The molecule has 0 fully saturated rings. The number of fused-ring (bicyclic) bond motifs is 1. The predicted octanol–water partition coefficient (Wildman–Crippen LogP) is 6.60. The molecule has 0 aliphatic heterocycles. The van der Waals surface area contributed by atoms with Crippen LogP contribution in [0.5, 0.6) is 11.5 Å². The lowest BCUT2D eigenvalue weighted by molar-refractivity contribution is -0.136. The van der Waals surface area contributed by atoms with Gasteiger partial charge in [-0.15, -0.1) is 11.3 Å². The number of benzene rings is 3. The molecule has 2 heterocycles. The highest BCUT2D eigenvalue weighted by Gasteiger charge is 2.24. The summed E-state index contributed by atoms with van der Waals surface area (Å²) in [5.41, 5.74) is 3.08. The van der Waals surface area contributed by atoms with Gasteiger partial charge in [-0.25, -0.2) is 3.97 Å². The van der Waals surface area contributed by atoms with Crippen LogP contribution in [-0.4, -0.2) is 30.1 Å². The van der Waals surface area contributed by atoms with E-state index in [2.05, 4.69) is 0 Å². The summed E-state index contributed by atoms with van der Waals surface area (Å²) in [6.45, 7) is 2.80. The van der Waals surface area contributed by atoms with Crippen LogP contribution in [0.2, 0.25) is 0 Å². The van der Waals surface area contributed by atoms with Crippen molar-refractivity contribution in [2.75, 3.05) is 6.61 Å². The van der Waals surface area contributed by atoms with Crippen LogP contribution in [0.15, 0.2) is 95.3 Å². The highest BCUT2D eigenvalue weighted by Crippen LogP contribution is 2.35. The van der Waals surface area contributed by atoms with Crippen LogP contribution >= 0.6 is 11.3 Å². The third kappa shape index (κ3) is 5.84. The minimum atomic E-state index is -3.92. The number of rotatable bonds is 11. The molecule has 5 rings (SSSR count). The third-order valence-electron chi connectivity index (χ3n) is 6.23. The standard InChI is InChI=1S/C30H27NO6S2/c1-2-36-25-13-14-27-26(18-25)23(10-16-29(32)33)19-31(27)39(34,35)30-17-15-28(38-30)22-8-11-24(12-9-22)37-20-21-6-4-3-5-7-21/h3-9,11-15,17-19H,2,10,16,20H2,1H3,(H,32,33). The molecule has 0 unspecified atom stereocenters. The minimum absolute atomic E-state index is 0.105. The summed E-state index contributed by atoms with van der Waals surface area (Å²) in [5.74, 6) is 0.386. The molecular formula is C30H27NO6S2. The Balaban J connectivity index is 1.41. The average molecular weight is 562 g/mol. The maximum absolute atomic E-state index is 13.7. The van der Waals surface area contributed by atoms with Gasteiger partial charge >= 0.3 is 5.97 Å². The van der Waals surface area contributed by atoms with Crippen LogP contribution in [0.25, 0.3) is 21.3 Å². The maximum Gasteiger partial charge on any atom is 0.303 e. The molecule has 0 atom stereocenters. The Hall–Kier alpha value is -4.08. The van der Waals surface area contributed by atoms with E-state index in [0.717, 1.165) is 21.8 Å². The van der Waals surface area contributed by atoms with Crippen LogP contribution in [0.4, 0.5) is 0 Å². The third-order valence-corrected chi connectivity index (χ3v) is 9.50. The van der Waals surface area contributed by atoms with Gasteiger partial charge in [0.05, 0.1) is 12.1 Å². The zero-order chi connectivity index (χ0) is 27.4. The predicted molar refractivity (Wildman–Crippen MR) is 152 cm³/mol. The largest absolute Gasteiger partial charge is 0.494 e. The quantitative estimate of drug-likeness (QED) is 0.195. The molecule has 0 aliphatic rings. The number of ether oxygens (including phenoxy) is 2. The number of carboxylic acids is 1. The average Bonchev–Trinajstić information content (AvgIpc) is 3.58. The van der Waals surface area contributed by atoms with Gasteiger partial charge in [0.2, 0.25) is 0 Å². The molecule has 0 saturated carbocycles. The van der Waals surface area contributed by atoms with E-state index in [0.29, 0.717) is 35.4 Å². The van der Waals surface area contributed by atoms with E-state index in [4.69, 9.17) is 9.47 Å². The van der Waals surface area contributed by atoms with Gasteiger partial charge in [-0.3, -0.25) is 4.79 Å². The van der Waals surface area contributed by atoms with Crippen molar-refractivity contribution in [1.82, 2.24) is 3.97 Å². The van der Waals surface area contributed by atoms with Crippen LogP contribution in [-0.2, 0) is 27.8 Å². The topological polar surface area (TPSA) is 94.8 Å². The summed E-state index contributed by atoms with van der Waals surface area (Å²) in [6.07, 6.45) is 1.63. The number of nitrogens with zero attached hydrogens (tertiary/aromatic N) is 1. The first-order chi connectivity index (χ1) is 18.8. The molecule has 39 heavy (non-hydrogen) atoms. The van der Waals surface area contributed by atoms with Crippen molar-refractivity contribution >= 4 is 38.2 Å². The van der Waals surface area contributed by atoms with Gasteiger partial charge in [0.15, 0.2) is 0 Å². The van der Waals surface area contributed by atoms with Gasteiger partial charge in [0.25, 0.3) is 10.0 Å². The van der Waals surface area contributed by atoms with E-state index < -0.39 is 16.0 Å². The van der Waals surface area contributed by atoms with Crippen molar-refractivity contribution in [3.63, 3.8) is 0 Å². The van der Waals surface area contributed by atoms with Crippen molar-refractivity contribution in [3.8, 4) is 21.9 Å². The number of aromatic nitrogens is 1. The van der Waals surface area contributed by atoms with Crippen LogP contribution in [0.1, 0.15) is 24.5 Å². The number of hydrogen-bond acceptors (Lipinski definition) is 6. The SMILES string of the molecule is CCOc1ccc2c(c1)c(CCC(=O)O)cn2S(=O)(=O)c1ccc(-c2ccc(OCc3ccccc3)cc2)s1. The first-order valence-corrected chi connectivity index (χ1v) is 14.7. The Morgan fingerprint density at radius 1 is 0.923 bits per heavy atom. The van der Waals surface area contributed by atoms with E-state index in [1.165, 1.54) is 21.5 Å². The molecule has 7 nitrogen and oxygen atoms in total. The molecule has 0 bridgehead atoms. The Morgan fingerprint density at radius 3 is 2.38 bits per heavy atom. The van der Waals surface area contributed by atoms with E-state index in [9.17, 15) is 18.3 Å². The monoisotopic (exact) mass is 561 g/mol. The summed E-state index contributed by atoms with van der Waals surface area (Å²) in [5, 5.41) is 9.85. The first-order valence-electron chi connectivity index (χ1n) is 12.5. The molecule has 0 spiro atoms. The lowest BCUT2D eigenvalue weighted by atomic mass is 10.1. The number of carbonyl (C=O) groups is 1. The Bertz CT molecular complexity index is 1700. The van der Waals surface area contributed by atoms with E-state index in [1.807, 2.05) is 61.5 Å². The lowest BCUT2D eigenvalue weighted by Crippen LogP contribution is -2.10. The summed E-state index contributed by atoms with van der Waals surface area (Å²) in [4.78, 5) is 12.0. The molecule has 3 aromatic carbocycles. The zero-order valence-electron chi connectivity index (χ0n) is 21.2. The fourth-order valence-electron chi connectivity index (χ4n) is 4.31. The van der Waals surface area contributed by atoms with Crippen molar-refractivity contribution in [2.45, 2.75) is 30.6 Å². The molecule has 200 valence electrons. The van der Waals surface area contributed by atoms with E-state index in [1.54, 1.807) is 30.3 Å². The molecule has 0 saturated heterocycles. The Morgan fingerprint density at radius 2 is 1.67 bits per heavy atom. The Labute approximate surface area is 230 Å². The highest BCUT2D eigenvalue weighted by atomic mass is 32.2. The minimum Gasteiger partial charge on any atom is -0.494 e. The van der Waals surface area contributed by atoms with Crippen LogP contribution < -0.4 is 9.47 Å². The number of aryl methyl sites for hydroxylation is 1. The summed E-state index contributed by atoms with van der Waals surface area (Å²) in [6, 6.07) is 26.1. The second-order valence-corrected chi connectivity index (χ2v) is 12.0.